The molecule has 1 fully saturated rings. The molecular formula is C23H28N4O2S. The van der Waals surface area contributed by atoms with Gasteiger partial charge in [0.05, 0.1) is 19.3 Å². The molecule has 2 aromatic heterocycles. The van der Waals surface area contributed by atoms with E-state index in [4.69, 9.17) is 0 Å². The third kappa shape index (κ3) is 5.70. The first-order chi connectivity index (χ1) is 14.7. The second-order valence-electron chi connectivity index (χ2n) is 7.93. The Morgan fingerprint density at radius 3 is 2.70 bits per heavy atom. The van der Waals surface area contributed by atoms with Gasteiger partial charge in [0, 0.05) is 10.9 Å². The minimum Gasteiger partial charge on any atom is -0.508 e. The molecule has 4 rings (SSSR count). The van der Waals surface area contributed by atoms with E-state index in [0.717, 1.165) is 44.6 Å². The summed E-state index contributed by atoms with van der Waals surface area (Å²) in [5, 5.41) is 18.8. The summed E-state index contributed by atoms with van der Waals surface area (Å²) in [7, 11) is 0. The van der Waals surface area contributed by atoms with Crippen LogP contribution < -0.4 is 5.32 Å². The number of piperidine rings is 1. The fourth-order valence-corrected chi connectivity index (χ4v) is 4.65. The number of thiophene rings is 1. The van der Waals surface area contributed by atoms with Gasteiger partial charge >= 0.3 is 0 Å². The molecule has 1 aliphatic rings. The number of phenolic OH excluding ortho intramolecular Hbond substituents is 1. The zero-order chi connectivity index (χ0) is 20.8. The molecule has 2 N–H and O–H groups in total. The van der Waals surface area contributed by atoms with Crippen molar-refractivity contribution in [2.75, 3.05) is 25.0 Å². The van der Waals surface area contributed by atoms with Crippen molar-refractivity contribution >= 4 is 23.1 Å². The SMILES string of the molecule is O=C(CN1CCC(CCc2ccc(O)cc2)CC1)Nc1ccnn1Cc1cccs1. The molecule has 7 heteroatoms. The van der Waals surface area contributed by atoms with Crippen LogP contribution in [0.4, 0.5) is 5.82 Å². The van der Waals surface area contributed by atoms with Gasteiger partial charge < -0.3 is 10.4 Å². The van der Waals surface area contributed by atoms with Crippen LogP contribution in [0.3, 0.4) is 0 Å². The van der Waals surface area contributed by atoms with Crippen LogP contribution in [-0.2, 0) is 17.8 Å². The number of aryl methyl sites for hydroxylation is 1. The molecule has 0 saturated carbocycles. The summed E-state index contributed by atoms with van der Waals surface area (Å²) in [6, 6.07) is 13.4. The van der Waals surface area contributed by atoms with E-state index >= 15 is 0 Å². The van der Waals surface area contributed by atoms with Crippen LogP contribution in [0.15, 0.2) is 54.0 Å². The van der Waals surface area contributed by atoms with Gasteiger partial charge in [-0.25, -0.2) is 4.68 Å². The lowest BCUT2D eigenvalue weighted by atomic mass is 9.90. The van der Waals surface area contributed by atoms with E-state index in [0.29, 0.717) is 24.8 Å². The van der Waals surface area contributed by atoms with Crippen molar-refractivity contribution in [3.63, 3.8) is 0 Å². The second kappa shape index (κ2) is 9.91. The van der Waals surface area contributed by atoms with Crippen molar-refractivity contribution in [3.05, 3.63) is 64.5 Å². The summed E-state index contributed by atoms with van der Waals surface area (Å²) in [4.78, 5) is 16.0. The van der Waals surface area contributed by atoms with E-state index in [1.54, 1.807) is 29.7 Å². The van der Waals surface area contributed by atoms with Crippen LogP contribution in [0.25, 0.3) is 0 Å². The fourth-order valence-electron chi connectivity index (χ4n) is 3.97. The van der Waals surface area contributed by atoms with Gasteiger partial charge in [0.25, 0.3) is 0 Å². The topological polar surface area (TPSA) is 70.4 Å². The average molecular weight is 425 g/mol. The molecule has 1 aliphatic heterocycles. The van der Waals surface area contributed by atoms with E-state index < -0.39 is 0 Å². The fraction of sp³-hybridized carbons (Fsp3) is 0.391. The number of aromatic hydroxyl groups is 1. The van der Waals surface area contributed by atoms with Crippen LogP contribution >= 0.6 is 11.3 Å². The standard InChI is InChI=1S/C23H28N4O2S/c28-20-7-5-18(6-8-20)3-4-19-10-13-26(14-11-19)17-23(29)25-22-9-12-24-27(22)16-21-2-1-15-30-21/h1-2,5-9,12,15,19,28H,3-4,10-11,13-14,16-17H2,(H,25,29). The Bertz CT molecular complexity index is 929. The third-order valence-corrected chi connectivity index (χ3v) is 6.58. The third-order valence-electron chi connectivity index (χ3n) is 5.72. The van der Waals surface area contributed by atoms with Gasteiger partial charge in [-0.15, -0.1) is 11.3 Å². The Morgan fingerprint density at radius 2 is 1.97 bits per heavy atom. The van der Waals surface area contributed by atoms with Gasteiger partial charge in [-0.2, -0.15) is 5.10 Å². The molecule has 0 atom stereocenters. The van der Waals surface area contributed by atoms with Gasteiger partial charge in [-0.1, -0.05) is 18.2 Å². The van der Waals surface area contributed by atoms with Gasteiger partial charge in [-0.3, -0.25) is 9.69 Å². The summed E-state index contributed by atoms with van der Waals surface area (Å²) in [5.74, 6) is 1.79. The maximum Gasteiger partial charge on any atom is 0.239 e. The van der Waals surface area contributed by atoms with Gasteiger partial charge in [0.1, 0.15) is 11.6 Å². The number of carbonyl (C=O) groups is 1. The smallest absolute Gasteiger partial charge is 0.239 e. The highest BCUT2D eigenvalue weighted by molar-refractivity contribution is 7.09. The number of aromatic nitrogens is 2. The molecular weight excluding hydrogens is 396 g/mol. The molecule has 0 radical (unpaired) electrons. The van der Waals surface area contributed by atoms with Crippen LogP contribution in [0.1, 0.15) is 29.7 Å². The number of hydrogen-bond donors (Lipinski definition) is 2. The number of hydrogen-bond acceptors (Lipinski definition) is 5. The number of rotatable bonds is 8. The van der Waals surface area contributed by atoms with Crippen molar-refractivity contribution in [1.29, 1.82) is 0 Å². The van der Waals surface area contributed by atoms with Crippen molar-refractivity contribution in [2.24, 2.45) is 5.92 Å². The van der Waals surface area contributed by atoms with E-state index in [2.05, 4.69) is 21.4 Å². The minimum absolute atomic E-state index is 0.0190. The summed E-state index contributed by atoms with van der Waals surface area (Å²) in [6.07, 6.45) is 6.18. The normalized spacial score (nSPS) is 15.3. The Balaban J connectivity index is 1.19. The summed E-state index contributed by atoms with van der Waals surface area (Å²) < 4.78 is 1.83. The molecule has 1 aromatic carbocycles. The van der Waals surface area contributed by atoms with Gasteiger partial charge in [0.2, 0.25) is 5.91 Å². The van der Waals surface area contributed by atoms with Crippen molar-refractivity contribution in [2.45, 2.75) is 32.2 Å². The zero-order valence-electron chi connectivity index (χ0n) is 17.0. The number of amides is 1. The molecule has 0 spiro atoms. The number of benzene rings is 1. The van der Waals surface area contributed by atoms with E-state index in [1.807, 2.05) is 34.3 Å². The molecule has 3 aromatic rings. The molecule has 0 unspecified atom stereocenters. The maximum atomic E-state index is 12.5. The Labute approximate surface area is 181 Å². The van der Waals surface area contributed by atoms with Crippen molar-refractivity contribution in [1.82, 2.24) is 14.7 Å². The molecule has 0 aliphatic carbocycles. The monoisotopic (exact) mass is 424 g/mol. The summed E-state index contributed by atoms with van der Waals surface area (Å²) in [6.45, 7) is 3.02. The Hall–Kier alpha value is -2.64. The van der Waals surface area contributed by atoms with Crippen LogP contribution in [0.5, 0.6) is 5.75 Å². The lowest BCUT2D eigenvalue weighted by molar-refractivity contribution is -0.117. The predicted molar refractivity (Wildman–Crippen MR) is 120 cm³/mol. The molecule has 1 saturated heterocycles. The number of nitrogens with one attached hydrogen (secondary N) is 1. The lowest BCUT2D eigenvalue weighted by Crippen LogP contribution is -2.39. The first-order valence-electron chi connectivity index (χ1n) is 10.5. The van der Waals surface area contributed by atoms with E-state index in [9.17, 15) is 9.90 Å². The number of nitrogens with zero attached hydrogens (tertiary/aromatic N) is 3. The molecule has 6 nitrogen and oxygen atoms in total. The van der Waals surface area contributed by atoms with Crippen LogP contribution in [0.2, 0.25) is 0 Å². The number of carbonyl (C=O) groups excluding carboxylic acids is 1. The lowest BCUT2D eigenvalue weighted by Gasteiger charge is -2.31. The minimum atomic E-state index is 0.0190. The predicted octanol–water partition coefficient (Wildman–Crippen LogP) is 3.98. The second-order valence-corrected chi connectivity index (χ2v) is 8.96. The van der Waals surface area contributed by atoms with E-state index in [-0.39, 0.29) is 5.91 Å². The van der Waals surface area contributed by atoms with Crippen molar-refractivity contribution in [3.8, 4) is 5.75 Å². The highest BCUT2D eigenvalue weighted by atomic mass is 32.1. The highest BCUT2D eigenvalue weighted by Crippen LogP contribution is 2.23. The molecule has 0 bridgehead atoms. The first kappa shape index (κ1) is 20.6. The summed E-state index contributed by atoms with van der Waals surface area (Å²) >= 11 is 1.69. The first-order valence-corrected chi connectivity index (χ1v) is 11.4. The number of anilines is 1. The van der Waals surface area contributed by atoms with Gasteiger partial charge in [-0.05, 0) is 73.8 Å². The van der Waals surface area contributed by atoms with Crippen molar-refractivity contribution < 1.29 is 9.90 Å². The molecule has 158 valence electrons. The Kier molecular flexibility index (Phi) is 6.81. The highest BCUT2D eigenvalue weighted by Gasteiger charge is 2.21. The van der Waals surface area contributed by atoms with Crippen LogP contribution in [-0.4, -0.2) is 45.3 Å². The summed E-state index contributed by atoms with van der Waals surface area (Å²) in [5.41, 5.74) is 1.27. The Morgan fingerprint density at radius 1 is 1.17 bits per heavy atom. The number of phenols is 1. The largest absolute Gasteiger partial charge is 0.508 e. The van der Waals surface area contributed by atoms with Gasteiger partial charge in [0.15, 0.2) is 0 Å². The maximum absolute atomic E-state index is 12.5. The molecule has 3 heterocycles. The quantitative estimate of drug-likeness (QED) is 0.574. The number of likely N-dealkylation sites (tertiary alicyclic amines) is 1. The van der Waals surface area contributed by atoms with Crippen LogP contribution in [0, 0.1) is 5.92 Å². The average Bonchev–Trinajstić information content (AvgIpc) is 3.41. The molecule has 1 amide bonds. The zero-order valence-corrected chi connectivity index (χ0v) is 17.9. The molecule has 30 heavy (non-hydrogen) atoms. The van der Waals surface area contributed by atoms with E-state index in [1.165, 1.54) is 10.4 Å².